The zero-order chi connectivity index (χ0) is 28.1. The van der Waals surface area contributed by atoms with Gasteiger partial charge in [-0.2, -0.15) is 18.4 Å². The van der Waals surface area contributed by atoms with Crippen LogP contribution in [-0.4, -0.2) is 41.1 Å². The summed E-state index contributed by atoms with van der Waals surface area (Å²) in [5.74, 6) is 1.45. The van der Waals surface area contributed by atoms with Crippen LogP contribution in [0.15, 0.2) is 77.3 Å². The molecule has 0 radical (unpaired) electrons. The Hall–Kier alpha value is -4.13. The van der Waals surface area contributed by atoms with Gasteiger partial charge in [0.15, 0.2) is 5.76 Å². The van der Waals surface area contributed by atoms with E-state index in [1.165, 1.54) is 0 Å². The van der Waals surface area contributed by atoms with Crippen molar-refractivity contribution in [1.29, 1.82) is 5.26 Å². The van der Waals surface area contributed by atoms with Crippen LogP contribution in [0.4, 0.5) is 13.2 Å². The van der Waals surface area contributed by atoms with Crippen LogP contribution < -0.4 is 4.74 Å². The maximum Gasteiger partial charge on any atom is 0.416 e. The van der Waals surface area contributed by atoms with Gasteiger partial charge < -0.3 is 9.26 Å². The third kappa shape index (κ3) is 6.89. The van der Waals surface area contributed by atoms with E-state index in [-0.39, 0.29) is 0 Å². The fourth-order valence-electron chi connectivity index (χ4n) is 4.77. The van der Waals surface area contributed by atoms with E-state index in [9.17, 15) is 13.2 Å². The van der Waals surface area contributed by atoms with Gasteiger partial charge in [0.05, 0.1) is 22.9 Å². The van der Waals surface area contributed by atoms with Crippen LogP contribution >= 0.6 is 0 Å². The van der Waals surface area contributed by atoms with Crippen LogP contribution in [0.2, 0.25) is 0 Å². The smallest absolute Gasteiger partial charge is 0.416 e. The zero-order valence-corrected chi connectivity index (χ0v) is 22.1. The number of rotatable bonds is 8. The second-order valence-corrected chi connectivity index (χ2v) is 10.0. The highest BCUT2D eigenvalue weighted by Gasteiger charge is 2.30. The molecule has 2 heterocycles. The molecule has 206 valence electrons. The minimum Gasteiger partial charge on any atom is -0.489 e. The van der Waals surface area contributed by atoms with E-state index in [4.69, 9.17) is 14.5 Å². The molecule has 6 nitrogen and oxygen atoms in total. The molecule has 0 spiro atoms. The standard InChI is InChI=1S/C31H29F3N4O2/c1-22-15-26(7-10-29(22)39-21-25-4-2-3-24(16-25)18-35)30-17-28(36-40-30)20-38-13-11-37(12-14-38)19-23-5-8-27(9-6-23)31(32,33)34/h2-10,15-17H,11-14,19-21H2,1H3. The number of ether oxygens (including phenoxy) is 1. The van der Waals surface area contributed by atoms with Crippen LogP contribution in [0.5, 0.6) is 5.75 Å². The minimum atomic E-state index is -4.31. The highest BCUT2D eigenvalue weighted by Crippen LogP contribution is 2.30. The van der Waals surface area contributed by atoms with Gasteiger partial charge in [-0.1, -0.05) is 29.4 Å². The molecular formula is C31H29F3N4O2. The number of aryl methyl sites for hydroxylation is 1. The number of nitriles is 1. The zero-order valence-electron chi connectivity index (χ0n) is 22.1. The maximum atomic E-state index is 12.8. The van der Waals surface area contributed by atoms with Crippen molar-refractivity contribution in [3.63, 3.8) is 0 Å². The molecule has 5 rings (SSSR count). The molecule has 4 aromatic rings. The van der Waals surface area contributed by atoms with E-state index in [2.05, 4.69) is 21.0 Å². The summed E-state index contributed by atoms with van der Waals surface area (Å²) >= 11 is 0. The molecule has 0 N–H and O–H groups in total. The predicted molar refractivity (Wildman–Crippen MR) is 144 cm³/mol. The summed E-state index contributed by atoms with van der Waals surface area (Å²) < 4.78 is 50.0. The van der Waals surface area contributed by atoms with Gasteiger partial charge in [-0.05, 0) is 66.1 Å². The largest absolute Gasteiger partial charge is 0.489 e. The van der Waals surface area contributed by atoms with Gasteiger partial charge in [-0.25, -0.2) is 0 Å². The Morgan fingerprint density at radius 2 is 1.62 bits per heavy atom. The Balaban J connectivity index is 1.11. The molecule has 0 saturated carbocycles. The number of nitrogens with zero attached hydrogens (tertiary/aromatic N) is 4. The van der Waals surface area contributed by atoms with Gasteiger partial charge in [0.25, 0.3) is 0 Å². The van der Waals surface area contributed by atoms with Crippen molar-refractivity contribution in [3.05, 3.63) is 106 Å². The van der Waals surface area contributed by atoms with Crippen molar-refractivity contribution >= 4 is 0 Å². The third-order valence-electron chi connectivity index (χ3n) is 7.01. The highest BCUT2D eigenvalue weighted by molar-refractivity contribution is 5.60. The minimum absolute atomic E-state index is 0.375. The molecule has 0 aliphatic carbocycles. The van der Waals surface area contributed by atoms with Crippen molar-refractivity contribution in [2.45, 2.75) is 32.8 Å². The average Bonchev–Trinajstić information content (AvgIpc) is 3.42. The van der Waals surface area contributed by atoms with Crippen molar-refractivity contribution in [2.24, 2.45) is 0 Å². The summed E-state index contributed by atoms with van der Waals surface area (Å²) in [6.45, 7) is 6.98. The van der Waals surface area contributed by atoms with E-state index in [0.29, 0.717) is 31.0 Å². The molecule has 3 aromatic carbocycles. The van der Waals surface area contributed by atoms with Crippen LogP contribution in [0.3, 0.4) is 0 Å². The van der Waals surface area contributed by atoms with Crippen LogP contribution in [-0.2, 0) is 25.9 Å². The Morgan fingerprint density at radius 1 is 0.900 bits per heavy atom. The van der Waals surface area contributed by atoms with Crippen LogP contribution in [0.1, 0.15) is 33.5 Å². The van der Waals surface area contributed by atoms with Crippen LogP contribution in [0.25, 0.3) is 11.3 Å². The quantitative estimate of drug-likeness (QED) is 0.254. The van der Waals surface area contributed by atoms with E-state index < -0.39 is 11.7 Å². The normalized spacial score (nSPS) is 14.7. The monoisotopic (exact) mass is 546 g/mol. The second-order valence-electron chi connectivity index (χ2n) is 10.0. The van der Waals surface area contributed by atoms with Crippen LogP contribution in [0, 0.1) is 18.3 Å². The molecule has 40 heavy (non-hydrogen) atoms. The van der Waals surface area contributed by atoms with E-state index in [1.807, 2.05) is 49.4 Å². The number of alkyl halides is 3. The number of halogens is 3. The molecule has 0 atom stereocenters. The maximum absolute atomic E-state index is 12.8. The third-order valence-corrected chi connectivity index (χ3v) is 7.01. The van der Waals surface area contributed by atoms with Gasteiger partial charge in [0.2, 0.25) is 0 Å². The molecule has 1 saturated heterocycles. The SMILES string of the molecule is Cc1cc(-c2cc(CN3CCN(Cc4ccc(C(F)(F)F)cc4)CC3)no2)ccc1OCc1cccc(C#N)c1. The number of benzene rings is 3. The summed E-state index contributed by atoms with van der Waals surface area (Å²) in [5, 5.41) is 13.3. The first-order valence-electron chi connectivity index (χ1n) is 13.1. The first-order valence-corrected chi connectivity index (χ1v) is 13.1. The summed E-state index contributed by atoms with van der Waals surface area (Å²) in [5.41, 5.74) is 4.53. The molecule has 1 fully saturated rings. The Bertz CT molecular complexity index is 1480. The lowest BCUT2D eigenvalue weighted by molar-refractivity contribution is -0.137. The van der Waals surface area contributed by atoms with E-state index in [1.54, 1.807) is 18.2 Å². The van der Waals surface area contributed by atoms with Gasteiger partial charge in [-0.15, -0.1) is 0 Å². The molecule has 9 heteroatoms. The first kappa shape index (κ1) is 27.4. The molecule has 0 bridgehead atoms. The summed E-state index contributed by atoms with van der Waals surface area (Å²) in [6, 6.07) is 22.7. The molecular weight excluding hydrogens is 517 g/mol. The Morgan fingerprint density at radius 3 is 2.30 bits per heavy atom. The Labute approximate surface area is 231 Å². The topological polar surface area (TPSA) is 65.5 Å². The predicted octanol–water partition coefficient (Wildman–Crippen LogP) is 6.44. The highest BCUT2D eigenvalue weighted by atomic mass is 19.4. The second kappa shape index (κ2) is 11.9. The molecule has 1 aliphatic heterocycles. The van der Waals surface area contributed by atoms with Crippen molar-refractivity contribution in [1.82, 2.24) is 15.0 Å². The van der Waals surface area contributed by atoms with Crippen molar-refractivity contribution in [2.75, 3.05) is 26.2 Å². The van der Waals surface area contributed by atoms with Gasteiger partial charge >= 0.3 is 6.18 Å². The summed E-state index contributed by atoms with van der Waals surface area (Å²) in [4.78, 5) is 4.55. The number of hydrogen-bond acceptors (Lipinski definition) is 6. The molecule has 1 aromatic heterocycles. The lowest BCUT2D eigenvalue weighted by Crippen LogP contribution is -2.45. The van der Waals surface area contributed by atoms with E-state index >= 15 is 0 Å². The fourth-order valence-corrected chi connectivity index (χ4v) is 4.77. The summed E-state index contributed by atoms with van der Waals surface area (Å²) in [6.07, 6.45) is -4.31. The molecule has 1 aliphatic rings. The van der Waals surface area contributed by atoms with Gasteiger partial charge in [-0.3, -0.25) is 9.80 Å². The van der Waals surface area contributed by atoms with E-state index in [0.717, 1.165) is 72.0 Å². The lowest BCUT2D eigenvalue weighted by atomic mass is 10.1. The van der Waals surface area contributed by atoms with Crippen molar-refractivity contribution < 1.29 is 22.4 Å². The lowest BCUT2D eigenvalue weighted by Gasteiger charge is -2.34. The van der Waals surface area contributed by atoms with Gasteiger partial charge in [0.1, 0.15) is 12.4 Å². The summed E-state index contributed by atoms with van der Waals surface area (Å²) in [7, 11) is 0. The first-order chi connectivity index (χ1) is 19.3. The number of aromatic nitrogens is 1. The average molecular weight is 547 g/mol. The Kier molecular flexibility index (Phi) is 8.19. The number of hydrogen-bond donors (Lipinski definition) is 0. The number of piperazine rings is 1. The van der Waals surface area contributed by atoms with Crippen molar-refractivity contribution in [3.8, 4) is 23.1 Å². The van der Waals surface area contributed by atoms with Gasteiger partial charge in [0, 0.05) is 50.9 Å². The molecule has 0 amide bonds. The fraction of sp³-hybridized carbons (Fsp3) is 0.290. The molecule has 0 unspecified atom stereocenters.